The third kappa shape index (κ3) is 3.50. The van der Waals surface area contributed by atoms with Crippen LogP contribution in [0.3, 0.4) is 0 Å². The summed E-state index contributed by atoms with van der Waals surface area (Å²) in [6, 6.07) is 15.9. The number of aryl methyl sites for hydroxylation is 2. The quantitative estimate of drug-likeness (QED) is 0.732. The van der Waals surface area contributed by atoms with Gasteiger partial charge in [0.1, 0.15) is 5.76 Å². The Balaban J connectivity index is 2.14. The van der Waals surface area contributed by atoms with E-state index in [-0.39, 0.29) is 9.92 Å². The fourth-order valence-corrected chi connectivity index (χ4v) is 3.99. The van der Waals surface area contributed by atoms with Crippen LogP contribution in [-0.4, -0.2) is 19.9 Å². The molecule has 25 heavy (non-hydrogen) atoms. The molecule has 0 aliphatic carbocycles. The second-order valence-electron chi connectivity index (χ2n) is 5.77. The average Bonchev–Trinajstić information content (AvgIpc) is 3.06. The van der Waals surface area contributed by atoms with Crippen LogP contribution >= 0.6 is 0 Å². The summed E-state index contributed by atoms with van der Waals surface area (Å²) in [4.78, 5) is 4.55. The lowest BCUT2D eigenvalue weighted by Gasteiger charge is -2.02. The number of hydrogen-bond donors (Lipinski definition) is 1. The maximum Gasteiger partial charge on any atom is 0.227 e. The zero-order chi connectivity index (χ0) is 17.9. The topological polar surface area (TPSA) is 86.2 Å². The molecule has 2 aromatic carbocycles. The molecular weight excluding hydrogens is 336 g/mol. The SMILES string of the molecule is Cc1ccccc1-c1nc(S(=O)(=O)c2ccccc2)c(CCCN)o1. The first-order valence-corrected chi connectivity index (χ1v) is 9.58. The lowest BCUT2D eigenvalue weighted by Crippen LogP contribution is -2.07. The Morgan fingerprint density at radius 2 is 1.72 bits per heavy atom. The number of nitrogens with zero attached hydrogens (tertiary/aromatic N) is 1. The molecule has 0 bridgehead atoms. The van der Waals surface area contributed by atoms with Gasteiger partial charge in [-0.2, -0.15) is 4.98 Å². The van der Waals surface area contributed by atoms with Crippen LogP contribution in [0, 0.1) is 6.92 Å². The van der Waals surface area contributed by atoms with Crippen molar-refractivity contribution in [1.82, 2.24) is 4.98 Å². The van der Waals surface area contributed by atoms with Crippen molar-refractivity contribution in [2.24, 2.45) is 5.73 Å². The van der Waals surface area contributed by atoms with E-state index in [1.54, 1.807) is 30.3 Å². The molecule has 130 valence electrons. The van der Waals surface area contributed by atoms with Crippen molar-refractivity contribution in [2.75, 3.05) is 6.54 Å². The van der Waals surface area contributed by atoms with Gasteiger partial charge in [0.2, 0.25) is 20.8 Å². The maximum absolute atomic E-state index is 13.0. The largest absolute Gasteiger partial charge is 0.440 e. The number of aromatic nitrogens is 1. The average molecular weight is 356 g/mol. The predicted octanol–water partition coefficient (Wildman–Crippen LogP) is 3.37. The van der Waals surface area contributed by atoms with Crippen LogP contribution in [0.2, 0.25) is 0 Å². The summed E-state index contributed by atoms with van der Waals surface area (Å²) in [5, 5.41) is -0.0228. The van der Waals surface area contributed by atoms with Crippen LogP contribution in [0.1, 0.15) is 17.7 Å². The number of benzene rings is 2. The normalized spacial score (nSPS) is 11.6. The molecular formula is C19H20N2O3S. The first kappa shape index (κ1) is 17.4. The van der Waals surface area contributed by atoms with E-state index in [2.05, 4.69) is 4.98 Å². The van der Waals surface area contributed by atoms with Crippen molar-refractivity contribution in [2.45, 2.75) is 29.7 Å². The first-order valence-electron chi connectivity index (χ1n) is 8.10. The molecule has 0 radical (unpaired) electrons. The summed E-state index contributed by atoms with van der Waals surface area (Å²) in [7, 11) is -3.75. The van der Waals surface area contributed by atoms with Gasteiger partial charge in [-0.1, -0.05) is 36.4 Å². The van der Waals surface area contributed by atoms with Crippen LogP contribution in [-0.2, 0) is 16.3 Å². The second kappa shape index (κ2) is 7.21. The molecule has 0 aliphatic rings. The summed E-state index contributed by atoms with van der Waals surface area (Å²) < 4.78 is 31.8. The van der Waals surface area contributed by atoms with Crippen molar-refractivity contribution in [3.63, 3.8) is 0 Å². The minimum atomic E-state index is -3.75. The number of nitrogens with two attached hydrogens (primary N) is 1. The van der Waals surface area contributed by atoms with Crippen molar-refractivity contribution in [3.05, 3.63) is 65.9 Å². The highest BCUT2D eigenvalue weighted by Crippen LogP contribution is 2.30. The Kier molecular flexibility index (Phi) is 5.01. The van der Waals surface area contributed by atoms with Crippen LogP contribution < -0.4 is 5.73 Å². The first-order chi connectivity index (χ1) is 12.0. The minimum Gasteiger partial charge on any atom is -0.440 e. The molecule has 0 atom stereocenters. The smallest absolute Gasteiger partial charge is 0.227 e. The van der Waals surface area contributed by atoms with Crippen molar-refractivity contribution >= 4 is 9.84 Å². The Hall–Kier alpha value is -2.44. The summed E-state index contributed by atoms with van der Waals surface area (Å²) in [6.07, 6.45) is 1.05. The van der Waals surface area contributed by atoms with E-state index >= 15 is 0 Å². The Labute approximate surface area is 147 Å². The van der Waals surface area contributed by atoms with Gasteiger partial charge < -0.3 is 10.2 Å². The monoisotopic (exact) mass is 356 g/mol. The molecule has 1 aromatic heterocycles. The zero-order valence-electron chi connectivity index (χ0n) is 14.0. The van der Waals surface area contributed by atoms with Gasteiger partial charge in [-0.15, -0.1) is 0 Å². The summed E-state index contributed by atoms with van der Waals surface area (Å²) in [6.45, 7) is 2.38. The fraction of sp³-hybridized carbons (Fsp3) is 0.211. The van der Waals surface area contributed by atoms with Gasteiger partial charge in [0.15, 0.2) is 0 Å². The lowest BCUT2D eigenvalue weighted by atomic mass is 10.1. The van der Waals surface area contributed by atoms with Gasteiger partial charge in [-0.25, -0.2) is 8.42 Å². The molecule has 6 heteroatoms. The zero-order valence-corrected chi connectivity index (χ0v) is 14.8. The van der Waals surface area contributed by atoms with E-state index < -0.39 is 9.84 Å². The van der Waals surface area contributed by atoms with Crippen LogP contribution in [0.25, 0.3) is 11.5 Å². The highest BCUT2D eigenvalue weighted by Gasteiger charge is 2.28. The third-order valence-electron chi connectivity index (χ3n) is 3.95. The second-order valence-corrected chi connectivity index (χ2v) is 7.64. The molecule has 0 amide bonds. The van der Waals surface area contributed by atoms with Gasteiger partial charge in [-0.05, 0) is 43.7 Å². The molecule has 0 aliphatic heterocycles. The molecule has 0 saturated carbocycles. The summed E-state index contributed by atoms with van der Waals surface area (Å²) in [5.74, 6) is 0.673. The van der Waals surface area contributed by atoms with Crippen LogP contribution in [0.5, 0.6) is 0 Å². The number of hydrogen-bond acceptors (Lipinski definition) is 5. The standard InChI is InChI=1S/C19H20N2O3S/c1-14-8-5-6-11-16(14)18-21-19(17(24-18)12-7-13-20)25(22,23)15-9-3-2-4-10-15/h2-6,8-11H,7,12-13,20H2,1H3. The third-order valence-corrected chi connectivity index (χ3v) is 5.67. The molecule has 0 spiro atoms. The molecule has 1 heterocycles. The molecule has 5 nitrogen and oxygen atoms in total. The Morgan fingerprint density at radius 3 is 2.40 bits per heavy atom. The van der Waals surface area contributed by atoms with E-state index in [0.717, 1.165) is 11.1 Å². The Morgan fingerprint density at radius 1 is 1.04 bits per heavy atom. The molecule has 0 fully saturated rings. The van der Waals surface area contributed by atoms with Gasteiger partial charge in [-0.3, -0.25) is 0 Å². The molecule has 0 unspecified atom stereocenters. The summed E-state index contributed by atoms with van der Waals surface area (Å²) in [5.41, 5.74) is 7.33. The van der Waals surface area contributed by atoms with Crippen molar-refractivity contribution in [3.8, 4) is 11.5 Å². The molecule has 3 rings (SSSR count). The fourth-order valence-electron chi connectivity index (χ4n) is 2.61. The molecule has 3 aromatic rings. The van der Waals surface area contributed by atoms with E-state index in [4.69, 9.17) is 10.2 Å². The maximum atomic E-state index is 13.0. The molecule has 0 saturated heterocycles. The highest BCUT2D eigenvalue weighted by molar-refractivity contribution is 7.91. The number of oxazole rings is 1. The number of sulfone groups is 1. The lowest BCUT2D eigenvalue weighted by molar-refractivity contribution is 0.501. The van der Waals surface area contributed by atoms with Crippen LogP contribution in [0.15, 0.2) is 68.9 Å². The molecule has 2 N–H and O–H groups in total. The Bertz CT molecular complexity index is 963. The van der Waals surface area contributed by atoms with Gasteiger partial charge in [0, 0.05) is 12.0 Å². The van der Waals surface area contributed by atoms with E-state index in [1.807, 2.05) is 31.2 Å². The van der Waals surface area contributed by atoms with Crippen molar-refractivity contribution in [1.29, 1.82) is 0 Å². The van der Waals surface area contributed by atoms with Gasteiger partial charge >= 0.3 is 0 Å². The van der Waals surface area contributed by atoms with Gasteiger partial charge in [0.05, 0.1) is 4.90 Å². The van der Waals surface area contributed by atoms with E-state index in [9.17, 15) is 8.42 Å². The van der Waals surface area contributed by atoms with Crippen molar-refractivity contribution < 1.29 is 12.8 Å². The van der Waals surface area contributed by atoms with E-state index in [0.29, 0.717) is 31.0 Å². The predicted molar refractivity (Wildman–Crippen MR) is 95.9 cm³/mol. The van der Waals surface area contributed by atoms with Gasteiger partial charge in [0.25, 0.3) is 0 Å². The minimum absolute atomic E-state index is 0.0228. The number of rotatable bonds is 6. The van der Waals surface area contributed by atoms with E-state index in [1.165, 1.54) is 0 Å². The van der Waals surface area contributed by atoms with Crippen LogP contribution in [0.4, 0.5) is 0 Å². The highest BCUT2D eigenvalue weighted by atomic mass is 32.2. The summed E-state index contributed by atoms with van der Waals surface area (Å²) >= 11 is 0.